The van der Waals surface area contributed by atoms with Gasteiger partial charge in [0.25, 0.3) is 0 Å². The summed E-state index contributed by atoms with van der Waals surface area (Å²) in [5.41, 5.74) is 2.01. The Balaban J connectivity index is 0.000000605. The van der Waals surface area contributed by atoms with Gasteiger partial charge in [0.1, 0.15) is 0 Å². The minimum atomic E-state index is 0. The van der Waals surface area contributed by atoms with Crippen LogP contribution in [-0.2, 0) is 22.4 Å². The smallest absolute Gasteiger partial charge is 0 e. The molecule has 0 aliphatic heterocycles. The van der Waals surface area contributed by atoms with Crippen molar-refractivity contribution in [2.75, 3.05) is 0 Å². The summed E-state index contributed by atoms with van der Waals surface area (Å²) in [6.45, 7) is 8.91. The molecule has 2 unspecified atom stereocenters. The van der Waals surface area contributed by atoms with Gasteiger partial charge in [-0.3, -0.25) is 0 Å². The van der Waals surface area contributed by atoms with Crippen LogP contribution in [0.25, 0.3) is 0 Å². The van der Waals surface area contributed by atoms with E-state index >= 15 is 0 Å². The van der Waals surface area contributed by atoms with Gasteiger partial charge in [0.15, 0.2) is 0 Å². The summed E-state index contributed by atoms with van der Waals surface area (Å²) >= 11 is 0. The molecule has 2 bridgehead atoms. The van der Waals surface area contributed by atoms with Crippen molar-refractivity contribution in [1.82, 2.24) is 0 Å². The number of fused-ring (bicyclic) bond motifs is 2. The van der Waals surface area contributed by atoms with Crippen LogP contribution in [0, 0.1) is 17.3 Å². The van der Waals surface area contributed by atoms with Crippen molar-refractivity contribution in [2.24, 2.45) is 17.3 Å². The van der Waals surface area contributed by atoms with Gasteiger partial charge in [0, 0.05) is 22.4 Å². The summed E-state index contributed by atoms with van der Waals surface area (Å²) in [6, 6.07) is 0. The molecule has 2 saturated carbocycles. The Labute approximate surface area is 98.1 Å². The fraction of sp³-hybridized carbons (Fsp3) is 0.800. The summed E-state index contributed by atoms with van der Waals surface area (Å²) in [7, 11) is 0. The van der Waals surface area contributed by atoms with Gasteiger partial charge >= 0.3 is 0 Å². The largest absolute Gasteiger partial charge is 0.197 e. The first kappa shape index (κ1) is 12.8. The predicted molar refractivity (Wildman–Crippen MR) is 54.1 cm³/mol. The molecule has 2 fully saturated rings. The van der Waals surface area contributed by atoms with Crippen LogP contribution in [0.3, 0.4) is 0 Å². The van der Waals surface area contributed by atoms with Gasteiger partial charge in [-0.05, 0) is 36.5 Å². The van der Waals surface area contributed by atoms with Crippen molar-refractivity contribution in [2.45, 2.75) is 33.1 Å². The SMILES string of the molecule is C=C1C2CCC(C2)C1(C)C.S.[Au]. The Kier molecular flexibility index (Phi) is 4.18. The molecule has 2 aliphatic carbocycles. The molecule has 12 heavy (non-hydrogen) atoms. The topological polar surface area (TPSA) is 0 Å². The number of hydrogen-bond acceptors (Lipinski definition) is 0. The first-order valence-corrected chi connectivity index (χ1v) is 4.31. The average Bonchev–Trinajstić information content (AvgIpc) is 2.37. The second-order valence-corrected chi connectivity index (χ2v) is 4.45. The molecule has 2 aliphatic rings. The predicted octanol–water partition coefficient (Wildman–Crippen LogP) is 3.11. The van der Waals surface area contributed by atoms with Gasteiger partial charge < -0.3 is 0 Å². The number of allylic oxidation sites excluding steroid dienone is 1. The third-order valence-electron chi connectivity index (χ3n) is 3.77. The van der Waals surface area contributed by atoms with E-state index in [0.29, 0.717) is 5.41 Å². The quantitative estimate of drug-likeness (QED) is 0.456. The second-order valence-electron chi connectivity index (χ2n) is 4.45. The van der Waals surface area contributed by atoms with Crippen LogP contribution in [-0.4, -0.2) is 0 Å². The molecule has 0 heterocycles. The molecule has 75 valence electrons. The zero-order chi connectivity index (χ0) is 7.35. The third-order valence-corrected chi connectivity index (χ3v) is 3.77. The molecule has 0 N–H and O–H groups in total. The second kappa shape index (κ2) is 3.91. The normalized spacial score (nSPS) is 35.7. The van der Waals surface area contributed by atoms with E-state index in [1.165, 1.54) is 24.8 Å². The van der Waals surface area contributed by atoms with Crippen LogP contribution in [0.2, 0.25) is 0 Å². The van der Waals surface area contributed by atoms with Crippen molar-refractivity contribution in [1.29, 1.82) is 0 Å². The minimum absolute atomic E-state index is 0. The van der Waals surface area contributed by atoms with E-state index < -0.39 is 0 Å². The molecule has 0 spiro atoms. The maximum absolute atomic E-state index is 4.19. The van der Waals surface area contributed by atoms with Crippen molar-refractivity contribution >= 4 is 13.5 Å². The Morgan fingerprint density at radius 3 is 2.17 bits per heavy atom. The fourth-order valence-corrected chi connectivity index (χ4v) is 2.74. The molecule has 0 aromatic heterocycles. The van der Waals surface area contributed by atoms with E-state index in [9.17, 15) is 0 Å². The third kappa shape index (κ3) is 1.57. The fourth-order valence-electron chi connectivity index (χ4n) is 2.74. The van der Waals surface area contributed by atoms with Crippen LogP contribution < -0.4 is 0 Å². The number of hydrogen-bond donors (Lipinski definition) is 0. The van der Waals surface area contributed by atoms with E-state index in [1.807, 2.05) is 0 Å². The maximum atomic E-state index is 4.19. The van der Waals surface area contributed by atoms with Gasteiger partial charge in [-0.2, -0.15) is 13.5 Å². The molecule has 2 rings (SSSR count). The van der Waals surface area contributed by atoms with Crippen LogP contribution in [0.1, 0.15) is 33.1 Å². The van der Waals surface area contributed by atoms with Gasteiger partial charge in [-0.1, -0.05) is 26.0 Å². The molecular formula is C10H18AuS. The minimum Gasteiger partial charge on any atom is -0.197 e. The Morgan fingerprint density at radius 1 is 1.33 bits per heavy atom. The molecule has 0 aromatic rings. The van der Waals surface area contributed by atoms with Gasteiger partial charge in [-0.25, -0.2) is 0 Å². The Bertz CT molecular complexity index is 186. The van der Waals surface area contributed by atoms with Crippen molar-refractivity contribution in [3.8, 4) is 0 Å². The van der Waals surface area contributed by atoms with E-state index in [-0.39, 0.29) is 35.9 Å². The average molecular weight is 367 g/mol. The van der Waals surface area contributed by atoms with E-state index in [4.69, 9.17) is 0 Å². The van der Waals surface area contributed by atoms with E-state index in [0.717, 1.165) is 11.8 Å². The zero-order valence-corrected chi connectivity index (χ0v) is 11.0. The molecule has 0 nitrogen and oxygen atoms in total. The summed E-state index contributed by atoms with van der Waals surface area (Å²) in [5.74, 6) is 1.85. The van der Waals surface area contributed by atoms with Crippen molar-refractivity contribution < 1.29 is 22.4 Å². The van der Waals surface area contributed by atoms with Gasteiger partial charge in [-0.15, -0.1) is 0 Å². The Morgan fingerprint density at radius 2 is 1.92 bits per heavy atom. The molecule has 2 atom stereocenters. The maximum Gasteiger partial charge on any atom is 0 e. The van der Waals surface area contributed by atoms with Crippen molar-refractivity contribution in [3.05, 3.63) is 12.2 Å². The zero-order valence-electron chi connectivity index (χ0n) is 7.78. The molecule has 1 radical (unpaired) electrons. The summed E-state index contributed by atoms with van der Waals surface area (Å²) < 4.78 is 0. The van der Waals surface area contributed by atoms with Crippen LogP contribution in [0.5, 0.6) is 0 Å². The monoisotopic (exact) mass is 367 g/mol. The van der Waals surface area contributed by atoms with E-state index in [1.54, 1.807) is 0 Å². The summed E-state index contributed by atoms with van der Waals surface area (Å²) in [6.07, 6.45) is 4.31. The van der Waals surface area contributed by atoms with E-state index in [2.05, 4.69) is 20.4 Å². The standard InChI is InChI=1S/C10H16.Au.H2S/c1-7-8-4-5-9(6-8)10(7,2)3;;/h8-9H,1,4-6H2,2-3H3;;1H2. The molecular weight excluding hydrogens is 349 g/mol. The molecule has 0 amide bonds. The molecule has 0 aromatic carbocycles. The molecule has 0 saturated heterocycles. The first-order valence-electron chi connectivity index (χ1n) is 4.31. The molecule has 2 heteroatoms. The first-order chi connectivity index (χ1) is 4.62. The summed E-state index contributed by atoms with van der Waals surface area (Å²) in [5, 5.41) is 0. The van der Waals surface area contributed by atoms with Gasteiger partial charge in [0.05, 0.1) is 0 Å². The van der Waals surface area contributed by atoms with Crippen LogP contribution in [0.4, 0.5) is 0 Å². The van der Waals surface area contributed by atoms with Gasteiger partial charge in [0.2, 0.25) is 0 Å². The van der Waals surface area contributed by atoms with Crippen molar-refractivity contribution in [3.63, 3.8) is 0 Å². The number of rotatable bonds is 0. The Hall–Kier alpha value is 0.830. The van der Waals surface area contributed by atoms with Crippen LogP contribution >= 0.6 is 13.5 Å². The summed E-state index contributed by atoms with van der Waals surface area (Å²) in [4.78, 5) is 0. The van der Waals surface area contributed by atoms with Crippen LogP contribution in [0.15, 0.2) is 12.2 Å².